The second-order valence-electron chi connectivity index (χ2n) is 9.15. The minimum Gasteiger partial charge on any atom is -0.548 e. The van der Waals surface area contributed by atoms with Crippen molar-refractivity contribution in [3.8, 4) is 0 Å². The van der Waals surface area contributed by atoms with E-state index in [1.807, 2.05) is 0 Å². The first-order valence-electron chi connectivity index (χ1n) is 11.1. The monoisotopic (exact) mass is 547 g/mol. The number of nitrogens with two attached hydrogens (primary N) is 1. The van der Waals surface area contributed by atoms with Gasteiger partial charge in [-0.3, -0.25) is 14.4 Å². The van der Waals surface area contributed by atoms with Crippen molar-refractivity contribution in [1.29, 1.82) is 0 Å². The average Bonchev–Trinajstić information content (AvgIpc) is 3.31. The van der Waals surface area contributed by atoms with Crippen molar-refractivity contribution in [2.24, 2.45) is 5.16 Å². The van der Waals surface area contributed by atoms with E-state index in [0.29, 0.717) is 25.7 Å². The summed E-state index contributed by atoms with van der Waals surface area (Å²) in [4.78, 5) is 59.6. The Morgan fingerprint density at radius 3 is 2.44 bits per heavy atom. The van der Waals surface area contributed by atoms with Crippen molar-refractivity contribution < 1.29 is 63.4 Å². The van der Waals surface area contributed by atoms with E-state index in [0.717, 1.165) is 11.3 Å². The Balaban J connectivity index is 0.00000361. The van der Waals surface area contributed by atoms with Gasteiger partial charge in [-0.05, 0) is 39.5 Å². The number of aromatic nitrogens is 1. The van der Waals surface area contributed by atoms with Gasteiger partial charge in [-0.2, -0.15) is 0 Å². The van der Waals surface area contributed by atoms with Gasteiger partial charge in [0.05, 0.1) is 12.0 Å². The molecule has 2 aliphatic heterocycles. The Hall–Kier alpha value is -1.87. The van der Waals surface area contributed by atoms with Crippen LogP contribution in [0.3, 0.4) is 0 Å². The number of β-lactam (4-membered cyclic amide) rings is 1. The molecule has 12 nitrogen and oxygen atoms in total. The summed E-state index contributed by atoms with van der Waals surface area (Å²) in [7, 11) is 0. The number of esters is 1. The molecule has 3 aliphatic rings. The standard InChI is InChI=1S/C21H27N5O7S2.Na/c1-9(27)32-10-4-6-11(7-5-10)33-25-13(12-8-34-20(22)23-12)16(28)24-14-17(29)26-15(19(30)31)21(2,3)35-18(14)26;/h8,10-11,14-15,18H,4-7H2,1-3H3,(H2,22,23)(H,24,28)(H,30,31);/q;+1/p-1/b25-13-;/t10?,11?,14-,15+,18-;/m1./s1. The van der Waals surface area contributed by atoms with E-state index in [4.69, 9.17) is 15.3 Å². The number of carboxylic acids is 1. The molecule has 0 radical (unpaired) electrons. The molecule has 0 bridgehead atoms. The predicted molar refractivity (Wildman–Crippen MR) is 125 cm³/mol. The van der Waals surface area contributed by atoms with E-state index in [2.05, 4.69) is 15.5 Å². The molecular formula is C21H26N5NaO7S2. The van der Waals surface area contributed by atoms with Crippen molar-refractivity contribution in [1.82, 2.24) is 15.2 Å². The molecule has 0 unspecified atom stereocenters. The van der Waals surface area contributed by atoms with E-state index < -0.39 is 40.0 Å². The molecule has 0 aromatic carbocycles. The molecule has 0 spiro atoms. The molecule has 4 rings (SSSR count). The van der Waals surface area contributed by atoms with Gasteiger partial charge in [-0.1, -0.05) is 5.16 Å². The van der Waals surface area contributed by atoms with Crippen LogP contribution in [-0.2, 0) is 28.8 Å². The Morgan fingerprint density at radius 2 is 1.89 bits per heavy atom. The summed E-state index contributed by atoms with van der Waals surface area (Å²) in [6.07, 6.45) is 1.96. The number of carbonyl (C=O) groups is 4. The van der Waals surface area contributed by atoms with Crippen LogP contribution in [0.15, 0.2) is 10.5 Å². The quantitative estimate of drug-likeness (QED) is 0.115. The number of nitrogens with zero attached hydrogens (tertiary/aromatic N) is 3. The molecule has 1 aromatic rings. The third-order valence-corrected chi connectivity index (χ3v) is 8.42. The first-order chi connectivity index (χ1) is 16.5. The predicted octanol–water partition coefficient (Wildman–Crippen LogP) is -3.38. The van der Waals surface area contributed by atoms with Crippen molar-refractivity contribution in [2.75, 3.05) is 5.73 Å². The van der Waals surface area contributed by atoms with Crippen LogP contribution in [-0.4, -0.2) is 73.8 Å². The molecule has 36 heavy (non-hydrogen) atoms. The normalized spacial score (nSPS) is 28.9. The SMILES string of the molecule is CC(=O)OC1CCC(O/N=C(\C(=O)N[C@@H]2C(=O)N3[C@@H]2SC(C)(C)[C@@H]3C(=O)[O-])c2csc(N)n2)CC1.[Na+]. The number of rotatable bonds is 7. The van der Waals surface area contributed by atoms with Gasteiger partial charge >= 0.3 is 35.5 Å². The summed E-state index contributed by atoms with van der Waals surface area (Å²) in [6, 6.07) is -2.01. The fraction of sp³-hybridized carbons (Fsp3) is 0.619. The Morgan fingerprint density at radius 1 is 1.25 bits per heavy atom. The number of nitrogens with one attached hydrogen (secondary N) is 1. The number of oxime groups is 1. The van der Waals surface area contributed by atoms with Crippen LogP contribution in [0, 0.1) is 0 Å². The van der Waals surface area contributed by atoms with Crippen LogP contribution < -0.4 is 45.7 Å². The molecular weight excluding hydrogens is 521 g/mol. The summed E-state index contributed by atoms with van der Waals surface area (Å²) in [5.74, 6) is -2.85. The Bertz CT molecular complexity index is 1070. The zero-order chi connectivity index (χ0) is 25.5. The van der Waals surface area contributed by atoms with Gasteiger partial charge in [0.15, 0.2) is 10.8 Å². The second kappa shape index (κ2) is 11.3. The van der Waals surface area contributed by atoms with Crippen LogP contribution in [0.4, 0.5) is 5.13 Å². The first kappa shape index (κ1) is 28.7. The second-order valence-corrected chi connectivity index (χ2v) is 11.8. The number of hydrogen-bond donors (Lipinski definition) is 2. The largest absolute Gasteiger partial charge is 1.00 e. The maximum absolute atomic E-state index is 13.1. The number of carbonyl (C=O) groups excluding carboxylic acids is 4. The summed E-state index contributed by atoms with van der Waals surface area (Å²) in [6.45, 7) is 4.81. The van der Waals surface area contributed by atoms with Crippen molar-refractivity contribution in [3.05, 3.63) is 11.1 Å². The topological polar surface area (TPSA) is 176 Å². The van der Waals surface area contributed by atoms with E-state index in [1.165, 1.54) is 23.6 Å². The maximum Gasteiger partial charge on any atom is 1.00 e. The molecule has 3 atom stereocenters. The number of aliphatic carboxylic acids is 1. The van der Waals surface area contributed by atoms with E-state index in [9.17, 15) is 24.3 Å². The van der Waals surface area contributed by atoms with Crippen molar-refractivity contribution in [2.45, 2.75) is 80.9 Å². The molecule has 1 aliphatic carbocycles. The van der Waals surface area contributed by atoms with Gasteiger partial charge in [0.1, 0.15) is 29.3 Å². The van der Waals surface area contributed by atoms with Gasteiger partial charge in [0.25, 0.3) is 5.91 Å². The third kappa shape index (κ3) is 5.82. The van der Waals surface area contributed by atoms with Gasteiger partial charge in [-0.15, -0.1) is 23.1 Å². The number of amides is 2. The molecule has 3 heterocycles. The van der Waals surface area contributed by atoms with Crippen LogP contribution in [0.2, 0.25) is 0 Å². The Labute approximate surface area is 238 Å². The average molecular weight is 548 g/mol. The number of hydrogen-bond acceptors (Lipinski definition) is 12. The van der Waals surface area contributed by atoms with Gasteiger partial charge in [0.2, 0.25) is 5.91 Å². The van der Waals surface area contributed by atoms with Gasteiger partial charge in [-0.25, -0.2) is 4.98 Å². The van der Waals surface area contributed by atoms with Crippen LogP contribution >= 0.6 is 23.1 Å². The van der Waals surface area contributed by atoms with Gasteiger partial charge < -0.3 is 35.4 Å². The Kier molecular flexibility index (Phi) is 8.97. The molecule has 2 amide bonds. The van der Waals surface area contributed by atoms with Crippen molar-refractivity contribution in [3.63, 3.8) is 0 Å². The minimum absolute atomic E-state index is 0. The minimum atomic E-state index is -1.33. The zero-order valence-corrected chi connectivity index (χ0v) is 24.0. The first-order valence-corrected chi connectivity index (χ1v) is 12.9. The molecule has 1 saturated carbocycles. The van der Waals surface area contributed by atoms with Crippen LogP contribution in [0.5, 0.6) is 0 Å². The molecule has 3 N–H and O–H groups in total. The van der Waals surface area contributed by atoms with Crippen molar-refractivity contribution >= 4 is 57.7 Å². The number of anilines is 1. The summed E-state index contributed by atoms with van der Waals surface area (Å²) >= 11 is 2.41. The van der Waals surface area contributed by atoms with E-state index in [1.54, 1.807) is 19.2 Å². The molecule has 1 aromatic heterocycles. The number of fused-ring (bicyclic) bond motifs is 1. The fourth-order valence-electron chi connectivity index (χ4n) is 4.55. The summed E-state index contributed by atoms with van der Waals surface area (Å²) in [5, 5.41) is 19.6. The summed E-state index contributed by atoms with van der Waals surface area (Å²) < 4.78 is 4.45. The molecule has 3 fully saturated rings. The summed E-state index contributed by atoms with van der Waals surface area (Å²) in [5.41, 5.74) is 5.80. The van der Waals surface area contributed by atoms with E-state index >= 15 is 0 Å². The third-order valence-electron chi connectivity index (χ3n) is 6.18. The number of carboxylic acid groups (broad SMARTS) is 1. The van der Waals surface area contributed by atoms with Gasteiger partial charge in [0, 0.05) is 17.1 Å². The number of ether oxygens (including phenoxy) is 1. The molecule has 190 valence electrons. The molecule has 15 heteroatoms. The molecule has 2 saturated heterocycles. The number of thioether (sulfide) groups is 1. The van der Waals surface area contributed by atoms with Crippen LogP contribution in [0.1, 0.15) is 52.1 Å². The van der Waals surface area contributed by atoms with Crippen LogP contribution in [0.25, 0.3) is 0 Å². The number of thiazole rings is 1. The number of nitrogen functional groups attached to an aromatic ring is 1. The smallest absolute Gasteiger partial charge is 0.548 e. The fourth-order valence-corrected chi connectivity index (χ4v) is 6.72. The zero-order valence-electron chi connectivity index (χ0n) is 20.4. The maximum atomic E-state index is 13.1. The van der Waals surface area contributed by atoms with E-state index in [-0.39, 0.29) is 64.3 Å².